The predicted octanol–water partition coefficient (Wildman–Crippen LogP) is 0.385. The number of hydrogen-bond donors (Lipinski definition) is 3. The van der Waals surface area contributed by atoms with Crippen LogP contribution in [0.15, 0.2) is 24.3 Å². The number of hydrogen-bond acceptors (Lipinski definition) is 4. The highest BCUT2D eigenvalue weighted by atomic mass is 16.5. The number of phenolic OH excluding ortho intramolecular Hbond substituents is 1. The van der Waals surface area contributed by atoms with Crippen molar-refractivity contribution in [2.24, 2.45) is 0 Å². The molecule has 1 saturated heterocycles. The second-order valence-electron chi connectivity index (χ2n) is 4.44. The van der Waals surface area contributed by atoms with Crippen molar-refractivity contribution in [2.75, 3.05) is 13.7 Å². The van der Waals surface area contributed by atoms with Crippen LogP contribution in [0.3, 0.4) is 0 Å². The van der Waals surface area contributed by atoms with Crippen molar-refractivity contribution < 1.29 is 14.6 Å². The average Bonchev–Trinajstić information content (AvgIpc) is 2.86. The van der Waals surface area contributed by atoms with E-state index in [4.69, 9.17) is 9.84 Å². The SMILES string of the molecule is COC1CNC(C(=O)NCc2ccc(O)cc2)C1. The molecular weight excluding hydrogens is 232 g/mol. The minimum atomic E-state index is -0.174. The molecule has 2 unspecified atom stereocenters. The first-order valence-electron chi connectivity index (χ1n) is 6.01. The number of phenols is 1. The summed E-state index contributed by atoms with van der Waals surface area (Å²) in [5, 5.41) is 15.1. The van der Waals surface area contributed by atoms with Crippen molar-refractivity contribution in [3.8, 4) is 5.75 Å². The van der Waals surface area contributed by atoms with E-state index in [-0.39, 0.29) is 23.8 Å². The van der Waals surface area contributed by atoms with Gasteiger partial charge in [0.2, 0.25) is 5.91 Å². The summed E-state index contributed by atoms with van der Waals surface area (Å²) in [6.45, 7) is 1.18. The molecule has 2 rings (SSSR count). The van der Waals surface area contributed by atoms with E-state index in [0.717, 1.165) is 5.56 Å². The molecule has 1 amide bonds. The molecule has 1 fully saturated rings. The molecular formula is C13H18N2O3. The van der Waals surface area contributed by atoms with Gasteiger partial charge in [0.15, 0.2) is 0 Å². The van der Waals surface area contributed by atoms with Crippen LogP contribution in [-0.4, -0.2) is 36.8 Å². The number of aromatic hydroxyl groups is 1. The number of carbonyl (C=O) groups is 1. The van der Waals surface area contributed by atoms with E-state index in [1.54, 1.807) is 31.4 Å². The number of rotatable bonds is 4. The molecule has 0 saturated carbocycles. The van der Waals surface area contributed by atoms with E-state index in [1.165, 1.54) is 0 Å². The van der Waals surface area contributed by atoms with Crippen LogP contribution in [0.4, 0.5) is 0 Å². The van der Waals surface area contributed by atoms with Crippen molar-refractivity contribution in [2.45, 2.75) is 25.1 Å². The van der Waals surface area contributed by atoms with E-state index >= 15 is 0 Å². The zero-order valence-corrected chi connectivity index (χ0v) is 10.3. The Labute approximate surface area is 106 Å². The van der Waals surface area contributed by atoms with Crippen LogP contribution in [-0.2, 0) is 16.1 Å². The Balaban J connectivity index is 1.80. The lowest BCUT2D eigenvalue weighted by Crippen LogP contribution is -2.39. The van der Waals surface area contributed by atoms with Gasteiger partial charge in [-0.05, 0) is 24.1 Å². The summed E-state index contributed by atoms with van der Waals surface area (Å²) in [6.07, 6.45) is 0.826. The Bertz CT molecular complexity index is 405. The smallest absolute Gasteiger partial charge is 0.237 e. The predicted molar refractivity (Wildman–Crippen MR) is 67.2 cm³/mol. The van der Waals surface area contributed by atoms with Crippen LogP contribution < -0.4 is 10.6 Å². The molecule has 1 aromatic rings. The number of benzene rings is 1. The average molecular weight is 250 g/mol. The second kappa shape index (κ2) is 5.84. The molecule has 18 heavy (non-hydrogen) atoms. The molecule has 1 aliphatic heterocycles. The largest absolute Gasteiger partial charge is 0.508 e. The Morgan fingerprint density at radius 2 is 2.22 bits per heavy atom. The van der Waals surface area contributed by atoms with Gasteiger partial charge in [0.25, 0.3) is 0 Å². The van der Waals surface area contributed by atoms with Crippen LogP contribution in [0, 0.1) is 0 Å². The normalized spacial score (nSPS) is 22.9. The van der Waals surface area contributed by atoms with Gasteiger partial charge < -0.3 is 20.5 Å². The monoisotopic (exact) mass is 250 g/mol. The molecule has 1 heterocycles. The number of methoxy groups -OCH3 is 1. The van der Waals surface area contributed by atoms with Gasteiger partial charge in [-0.15, -0.1) is 0 Å². The van der Waals surface area contributed by atoms with Crippen LogP contribution >= 0.6 is 0 Å². The fourth-order valence-corrected chi connectivity index (χ4v) is 2.01. The highest BCUT2D eigenvalue weighted by Crippen LogP contribution is 2.11. The van der Waals surface area contributed by atoms with Crippen LogP contribution in [0.5, 0.6) is 5.75 Å². The second-order valence-corrected chi connectivity index (χ2v) is 4.44. The first-order chi connectivity index (χ1) is 8.69. The molecule has 5 nitrogen and oxygen atoms in total. The van der Waals surface area contributed by atoms with Gasteiger partial charge in [0.05, 0.1) is 12.1 Å². The zero-order chi connectivity index (χ0) is 13.0. The van der Waals surface area contributed by atoms with Crippen LogP contribution in [0.1, 0.15) is 12.0 Å². The summed E-state index contributed by atoms with van der Waals surface area (Å²) in [4.78, 5) is 11.9. The maximum absolute atomic E-state index is 11.9. The third kappa shape index (κ3) is 3.21. The lowest BCUT2D eigenvalue weighted by molar-refractivity contribution is -0.123. The fourth-order valence-electron chi connectivity index (χ4n) is 2.01. The van der Waals surface area contributed by atoms with Gasteiger partial charge in [-0.25, -0.2) is 0 Å². The first-order valence-corrected chi connectivity index (χ1v) is 6.01. The molecule has 0 radical (unpaired) electrons. The van der Waals surface area contributed by atoms with E-state index in [2.05, 4.69) is 10.6 Å². The number of nitrogens with one attached hydrogen (secondary N) is 2. The first kappa shape index (κ1) is 12.9. The minimum absolute atomic E-state index is 0.0115. The maximum atomic E-state index is 11.9. The Hall–Kier alpha value is -1.59. The molecule has 3 N–H and O–H groups in total. The van der Waals surface area contributed by atoms with E-state index < -0.39 is 0 Å². The highest BCUT2D eigenvalue weighted by molar-refractivity contribution is 5.82. The molecule has 5 heteroatoms. The molecule has 0 spiro atoms. The van der Waals surface area contributed by atoms with E-state index in [9.17, 15) is 4.79 Å². The molecule has 98 valence electrons. The van der Waals surface area contributed by atoms with Gasteiger partial charge in [0, 0.05) is 20.2 Å². The van der Waals surface area contributed by atoms with Gasteiger partial charge in [-0.2, -0.15) is 0 Å². The molecule has 0 aliphatic carbocycles. The molecule has 2 atom stereocenters. The molecule has 1 aliphatic rings. The van der Waals surface area contributed by atoms with Gasteiger partial charge >= 0.3 is 0 Å². The molecule has 0 aromatic heterocycles. The van der Waals surface area contributed by atoms with Crippen molar-refractivity contribution >= 4 is 5.91 Å². The summed E-state index contributed by atoms with van der Waals surface area (Å²) in [5.74, 6) is 0.216. The third-order valence-corrected chi connectivity index (χ3v) is 3.14. The summed E-state index contributed by atoms with van der Waals surface area (Å²) in [5.41, 5.74) is 0.961. The van der Waals surface area contributed by atoms with Crippen molar-refractivity contribution in [3.05, 3.63) is 29.8 Å². The Morgan fingerprint density at radius 3 is 2.83 bits per heavy atom. The van der Waals surface area contributed by atoms with Crippen molar-refractivity contribution in [1.82, 2.24) is 10.6 Å². The van der Waals surface area contributed by atoms with E-state index in [1.807, 2.05) is 0 Å². The summed E-state index contributed by atoms with van der Waals surface area (Å²) in [6, 6.07) is 6.62. The number of carbonyl (C=O) groups excluding carboxylic acids is 1. The lowest BCUT2D eigenvalue weighted by atomic mass is 10.1. The Kier molecular flexibility index (Phi) is 4.17. The van der Waals surface area contributed by atoms with Crippen LogP contribution in [0.2, 0.25) is 0 Å². The van der Waals surface area contributed by atoms with Crippen molar-refractivity contribution in [1.29, 1.82) is 0 Å². The number of ether oxygens (including phenoxy) is 1. The van der Waals surface area contributed by atoms with Gasteiger partial charge in [-0.3, -0.25) is 4.79 Å². The number of amides is 1. The maximum Gasteiger partial charge on any atom is 0.237 e. The van der Waals surface area contributed by atoms with Gasteiger partial charge in [0.1, 0.15) is 5.75 Å². The molecule has 0 bridgehead atoms. The third-order valence-electron chi connectivity index (χ3n) is 3.14. The minimum Gasteiger partial charge on any atom is -0.508 e. The lowest BCUT2D eigenvalue weighted by Gasteiger charge is -2.11. The van der Waals surface area contributed by atoms with E-state index in [0.29, 0.717) is 19.5 Å². The summed E-state index contributed by atoms with van der Waals surface area (Å²) >= 11 is 0. The standard InChI is InChI=1S/C13H18N2O3/c1-18-11-6-12(14-8-11)13(17)15-7-9-2-4-10(16)5-3-9/h2-5,11-12,14,16H,6-8H2,1H3,(H,15,17). The Morgan fingerprint density at radius 1 is 1.50 bits per heavy atom. The topological polar surface area (TPSA) is 70.6 Å². The highest BCUT2D eigenvalue weighted by Gasteiger charge is 2.28. The van der Waals surface area contributed by atoms with Crippen molar-refractivity contribution in [3.63, 3.8) is 0 Å². The summed E-state index contributed by atoms with van der Waals surface area (Å²) in [7, 11) is 1.66. The molecule has 1 aromatic carbocycles. The summed E-state index contributed by atoms with van der Waals surface area (Å²) < 4.78 is 5.20. The van der Waals surface area contributed by atoms with Crippen LogP contribution in [0.25, 0.3) is 0 Å². The van der Waals surface area contributed by atoms with Gasteiger partial charge in [-0.1, -0.05) is 12.1 Å². The zero-order valence-electron chi connectivity index (χ0n) is 10.3. The quantitative estimate of drug-likeness (QED) is 0.723. The fraction of sp³-hybridized carbons (Fsp3) is 0.462.